The molecule has 0 fully saturated rings. The molecule has 0 saturated carbocycles. The monoisotopic (exact) mass is 518 g/mol. The summed E-state index contributed by atoms with van der Waals surface area (Å²) in [5.74, 6) is 0.305. The fourth-order valence-corrected chi connectivity index (χ4v) is 2.21. The number of halogens is 9. The maximum absolute atomic E-state index is 9.95. The molecule has 2 atom stereocenters. The van der Waals surface area contributed by atoms with Gasteiger partial charge in [-0.05, 0) is 23.3 Å². The summed E-state index contributed by atoms with van der Waals surface area (Å²) in [5, 5.41) is 19.9. The number of hydrogen-bond donors (Lipinski definition) is 2. The Morgan fingerprint density at radius 1 is 0.792 bits per heavy atom. The first-order chi connectivity index (χ1) is 10.7. The van der Waals surface area contributed by atoms with Crippen LogP contribution in [0.3, 0.4) is 0 Å². The van der Waals surface area contributed by atoms with E-state index >= 15 is 0 Å². The molecule has 0 saturated heterocycles. The van der Waals surface area contributed by atoms with Crippen LogP contribution in [0.2, 0.25) is 0 Å². The van der Waals surface area contributed by atoms with Crippen LogP contribution in [0.15, 0.2) is 18.2 Å². The summed E-state index contributed by atoms with van der Waals surface area (Å²) in [5.41, 5.74) is 0.403. The van der Waals surface area contributed by atoms with Crippen molar-refractivity contribution in [1.82, 2.24) is 0 Å². The van der Waals surface area contributed by atoms with E-state index in [1.165, 1.54) is 25.3 Å². The molecule has 1 aromatic carbocycles. The first-order valence-corrected chi connectivity index (χ1v) is 9.38. The summed E-state index contributed by atoms with van der Waals surface area (Å²) in [7, 11) is 1.40. The molecule has 3 nitrogen and oxygen atoms in total. The van der Waals surface area contributed by atoms with Crippen molar-refractivity contribution in [2.45, 2.75) is 24.1 Å². The molecule has 0 aliphatic heterocycles. The van der Waals surface area contributed by atoms with Crippen molar-refractivity contribution in [2.24, 2.45) is 0 Å². The summed E-state index contributed by atoms with van der Waals surface area (Å²) in [6, 6.07) is 4.25. The van der Waals surface area contributed by atoms with E-state index in [0.29, 0.717) is 5.75 Å². The van der Waals surface area contributed by atoms with Crippen LogP contribution in [0.25, 0.3) is 0 Å². The van der Waals surface area contributed by atoms with E-state index in [1.807, 2.05) is 0 Å². The summed E-state index contributed by atoms with van der Waals surface area (Å²) in [6.45, 7) is 0. The van der Waals surface area contributed by atoms with Crippen LogP contribution in [0.4, 0.5) is 0 Å². The van der Waals surface area contributed by atoms with Crippen molar-refractivity contribution in [3.8, 4) is 5.75 Å². The zero-order valence-electron chi connectivity index (χ0n) is 11.7. The fourth-order valence-electron chi connectivity index (χ4n) is 1.46. The number of alkyl halides is 9. The van der Waals surface area contributed by atoms with Crippen LogP contribution < -0.4 is 4.74 Å². The Hall–Kier alpha value is 1.55. The Kier molecular flexibility index (Phi) is 11.5. The number of methoxy groups -OCH3 is 1. The first-order valence-electron chi connectivity index (χ1n) is 5.80. The number of hydrogen-bond acceptors (Lipinski definition) is 3. The molecular weight excluding hydrogens is 511 g/mol. The van der Waals surface area contributed by atoms with Gasteiger partial charge in [0.1, 0.15) is 18.0 Å². The second kappa shape index (κ2) is 10.8. The molecule has 1 rings (SSSR count). The third-order valence-electron chi connectivity index (χ3n) is 2.44. The number of aliphatic hydroxyl groups excluding tert-OH is 2. The molecule has 0 aliphatic rings. The van der Waals surface area contributed by atoms with Gasteiger partial charge in [-0.2, -0.15) is 0 Å². The minimum atomic E-state index is -1.95. The lowest BCUT2D eigenvalue weighted by Crippen LogP contribution is -2.19. The predicted molar refractivity (Wildman–Crippen MR) is 105 cm³/mol. The Balaban J connectivity index is 0.00000118. The van der Waals surface area contributed by atoms with Gasteiger partial charge >= 0.3 is 0 Å². The van der Waals surface area contributed by atoms with E-state index in [2.05, 4.69) is 0 Å². The zero-order chi connectivity index (χ0) is 19.3. The highest BCUT2D eigenvalue weighted by atomic mass is 35.6. The molecule has 0 amide bonds. The average molecular weight is 522 g/mol. The van der Waals surface area contributed by atoms with E-state index in [1.54, 1.807) is 0 Å². The Bertz CT molecular complexity index is 472. The van der Waals surface area contributed by atoms with Crippen molar-refractivity contribution in [3.63, 3.8) is 0 Å². The first kappa shape index (κ1) is 25.6. The van der Waals surface area contributed by atoms with Crippen molar-refractivity contribution in [2.75, 3.05) is 7.11 Å². The number of benzene rings is 1. The molecule has 0 radical (unpaired) electrons. The van der Waals surface area contributed by atoms with Crippen LogP contribution in [0, 0.1) is 0 Å². The lowest BCUT2D eigenvalue weighted by atomic mass is 10.0. The molecule has 0 bridgehead atoms. The van der Waals surface area contributed by atoms with Crippen LogP contribution in [0.1, 0.15) is 23.3 Å². The minimum Gasteiger partial charge on any atom is -0.497 e. The van der Waals surface area contributed by atoms with Crippen LogP contribution >= 0.6 is 104 Å². The van der Waals surface area contributed by atoms with E-state index in [4.69, 9.17) is 109 Å². The molecule has 0 heterocycles. The Labute approximate surface area is 184 Å². The van der Waals surface area contributed by atoms with Crippen molar-refractivity contribution in [1.29, 1.82) is 0 Å². The summed E-state index contributed by atoms with van der Waals surface area (Å²) in [4.78, 5) is 0. The summed E-state index contributed by atoms with van der Waals surface area (Å²) < 4.78 is 0.391. The largest absolute Gasteiger partial charge is 0.497 e. The molecule has 1 aromatic rings. The zero-order valence-corrected chi connectivity index (χ0v) is 18.5. The smallest absolute Gasteiger partial charge is 0.220 e. The standard InChI is InChI=1S/C11H10Cl6O3.CHCl3/c1-20-7-3-5(8(18)10(12,13)14)2-6(4-7)9(19)11(15,16)17;2-1(3)4/h2-4,8-9,18-19H,1H3;1H. The SMILES string of the molecule is COc1cc(C(O)C(Cl)(Cl)Cl)cc(C(O)C(Cl)(Cl)Cl)c1.ClC(Cl)Cl. The maximum atomic E-state index is 9.95. The highest BCUT2D eigenvalue weighted by Crippen LogP contribution is 2.44. The van der Waals surface area contributed by atoms with Gasteiger partial charge < -0.3 is 14.9 Å². The number of rotatable bonds is 3. The van der Waals surface area contributed by atoms with Gasteiger partial charge in [-0.25, -0.2) is 0 Å². The van der Waals surface area contributed by atoms with Crippen molar-refractivity contribution in [3.05, 3.63) is 29.3 Å². The van der Waals surface area contributed by atoms with Crippen molar-refractivity contribution < 1.29 is 14.9 Å². The lowest BCUT2D eigenvalue weighted by molar-refractivity contribution is 0.175. The van der Waals surface area contributed by atoms with Crippen LogP contribution in [0.5, 0.6) is 5.75 Å². The second-order valence-electron chi connectivity index (χ2n) is 4.18. The molecule has 24 heavy (non-hydrogen) atoms. The third kappa shape index (κ3) is 9.48. The van der Waals surface area contributed by atoms with Crippen LogP contribution in [-0.4, -0.2) is 29.2 Å². The van der Waals surface area contributed by atoms with Crippen molar-refractivity contribution >= 4 is 104 Å². The van der Waals surface area contributed by atoms with Gasteiger partial charge in [0.25, 0.3) is 0 Å². The van der Waals surface area contributed by atoms with E-state index in [9.17, 15) is 10.2 Å². The molecular formula is C12H11Cl9O3. The molecule has 2 unspecified atom stereocenters. The highest BCUT2D eigenvalue weighted by Gasteiger charge is 2.36. The molecule has 2 N–H and O–H groups in total. The van der Waals surface area contributed by atoms with Gasteiger partial charge in [-0.1, -0.05) is 110 Å². The summed E-state index contributed by atoms with van der Waals surface area (Å²) in [6.07, 6.45) is -2.88. The molecule has 0 aromatic heterocycles. The summed E-state index contributed by atoms with van der Waals surface area (Å²) >= 11 is 48.2. The number of ether oxygens (including phenoxy) is 1. The second-order valence-corrected chi connectivity index (χ2v) is 10.9. The third-order valence-corrected chi connectivity index (χ3v) is 3.68. The molecule has 12 heteroatoms. The highest BCUT2D eigenvalue weighted by molar-refractivity contribution is 6.68. The minimum absolute atomic E-state index is 0.202. The van der Waals surface area contributed by atoms with Gasteiger partial charge in [0.2, 0.25) is 7.59 Å². The topological polar surface area (TPSA) is 49.7 Å². The molecule has 0 aliphatic carbocycles. The van der Waals surface area contributed by atoms with Crippen LogP contribution in [-0.2, 0) is 0 Å². The quantitative estimate of drug-likeness (QED) is 0.447. The van der Waals surface area contributed by atoms with Gasteiger partial charge in [0.15, 0.2) is 4.30 Å². The predicted octanol–water partition coefficient (Wildman–Crippen LogP) is 6.49. The van der Waals surface area contributed by atoms with E-state index in [-0.39, 0.29) is 11.1 Å². The van der Waals surface area contributed by atoms with Gasteiger partial charge in [0, 0.05) is 0 Å². The number of aliphatic hydroxyl groups is 2. The fraction of sp³-hybridized carbons (Fsp3) is 0.500. The Morgan fingerprint density at radius 2 is 1.08 bits per heavy atom. The van der Waals surface area contributed by atoms with Gasteiger partial charge in [-0.15, -0.1) is 0 Å². The maximum Gasteiger partial charge on any atom is 0.220 e. The van der Waals surface area contributed by atoms with Gasteiger partial charge in [-0.3, -0.25) is 0 Å². The Morgan fingerprint density at radius 3 is 1.29 bits per heavy atom. The molecule has 0 spiro atoms. The normalized spacial score (nSPS) is 14.7. The molecule has 140 valence electrons. The average Bonchev–Trinajstić information content (AvgIpc) is 2.42. The van der Waals surface area contributed by atoms with E-state index < -0.39 is 24.1 Å². The van der Waals surface area contributed by atoms with Gasteiger partial charge in [0.05, 0.1) is 7.11 Å². The van der Waals surface area contributed by atoms with E-state index in [0.717, 1.165) is 0 Å². The lowest BCUT2D eigenvalue weighted by Gasteiger charge is -2.23.